The fraction of sp³-hybridized carbons (Fsp3) is 0.444. The molecule has 1 aromatic heterocycles. The SMILES string of the molecule is CC(C)(C)C(=O)C(CCc1ccccc1)Cn1ccnc1. The van der Waals surface area contributed by atoms with Crippen molar-refractivity contribution in [1.29, 1.82) is 0 Å². The lowest BCUT2D eigenvalue weighted by Gasteiger charge is -2.25. The molecule has 1 unspecified atom stereocenters. The molecule has 0 radical (unpaired) electrons. The van der Waals surface area contributed by atoms with Gasteiger partial charge in [-0.3, -0.25) is 4.79 Å². The van der Waals surface area contributed by atoms with Crippen LogP contribution in [0, 0.1) is 11.3 Å². The number of Topliss-reactive ketones (excluding diaryl/α,β-unsaturated/α-hetero) is 1. The van der Waals surface area contributed by atoms with E-state index in [0.29, 0.717) is 12.3 Å². The molecule has 0 N–H and O–H groups in total. The number of imidazole rings is 1. The van der Waals surface area contributed by atoms with E-state index in [2.05, 4.69) is 17.1 Å². The third-order valence-electron chi connectivity index (χ3n) is 3.72. The Balaban J connectivity index is 2.06. The van der Waals surface area contributed by atoms with Crippen molar-refractivity contribution in [2.75, 3.05) is 0 Å². The summed E-state index contributed by atoms with van der Waals surface area (Å²) in [6, 6.07) is 10.4. The van der Waals surface area contributed by atoms with E-state index in [-0.39, 0.29) is 11.3 Å². The normalized spacial score (nSPS) is 13.1. The predicted octanol–water partition coefficient (Wildman–Crippen LogP) is 3.75. The number of aromatic nitrogens is 2. The topological polar surface area (TPSA) is 34.9 Å². The van der Waals surface area contributed by atoms with Crippen LogP contribution in [0.3, 0.4) is 0 Å². The van der Waals surface area contributed by atoms with Crippen molar-refractivity contribution >= 4 is 5.78 Å². The van der Waals surface area contributed by atoms with Gasteiger partial charge in [-0.05, 0) is 18.4 Å². The van der Waals surface area contributed by atoms with Gasteiger partial charge in [-0.15, -0.1) is 0 Å². The summed E-state index contributed by atoms with van der Waals surface area (Å²) in [6.07, 6.45) is 7.27. The van der Waals surface area contributed by atoms with E-state index in [1.807, 2.05) is 49.7 Å². The minimum absolute atomic E-state index is 0.0272. The monoisotopic (exact) mass is 284 g/mol. The van der Waals surface area contributed by atoms with Crippen molar-refractivity contribution in [3.8, 4) is 0 Å². The molecule has 0 amide bonds. The van der Waals surface area contributed by atoms with Gasteiger partial charge in [-0.2, -0.15) is 0 Å². The zero-order valence-corrected chi connectivity index (χ0v) is 13.1. The van der Waals surface area contributed by atoms with Gasteiger partial charge in [0.25, 0.3) is 0 Å². The number of aryl methyl sites for hydroxylation is 1. The molecule has 0 spiro atoms. The van der Waals surface area contributed by atoms with E-state index < -0.39 is 0 Å². The van der Waals surface area contributed by atoms with Crippen LogP contribution in [-0.4, -0.2) is 15.3 Å². The highest BCUT2D eigenvalue weighted by Crippen LogP contribution is 2.25. The third kappa shape index (κ3) is 4.55. The summed E-state index contributed by atoms with van der Waals surface area (Å²) in [5, 5.41) is 0. The first kappa shape index (κ1) is 15.5. The van der Waals surface area contributed by atoms with Gasteiger partial charge in [0, 0.05) is 30.3 Å². The Hall–Kier alpha value is -1.90. The number of carbonyl (C=O) groups is 1. The molecule has 0 fully saturated rings. The van der Waals surface area contributed by atoms with Crippen LogP contribution in [0.15, 0.2) is 49.1 Å². The molecule has 0 aliphatic rings. The zero-order chi connectivity index (χ0) is 15.3. The molecule has 21 heavy (non-hydrogen) atoms. The van der Waals surface area contributed by atoms with E-state index in [0.717, 1.165) is 12.8 Å². The first-order valence-corrected chi connectivity index (χ1v) is 7.51. The van der Waals surface area contributed by atoms with Crippen LogP contribution in [-0.2, 0) is 17.8 Å². The lowest BCUT2D eigenvalue weighted by Crippen LogP contribution is -2.31. The summed E-state index contributed by atoms with van der Waals surface area (Å²) in [7, 11) is 0. The molecule has 0 bridgehead atoms. The van der Waals surface area contributed by atoms with Gasteiger partial charge in [0.2, 0.25) is 0 Å². The molecule has 3 nitrogen and oxygen atoms in total. The van der Waals surface area contributed by atoms with Crippen LogP contribution in [0.4, 0.5) is 0 Å². The van der Waals surface area contributed by atoms with Crippen LogP contribution in [0.25, 0.3) is 0 Å². The number of rotatable bonds is 6. The summed E-state index contributed by atoms with van der Waals surface area (Å²) in [5.41, 5.74) is 0.983. The summed E-state index contributed by atoms with van der Waals surface area (Å²) in [5.74, 6) is 0.353. The number of ketones is 1. The molecule has 1 heterocycles. The Kier molecular flexibility index (Phi) is 4.94. The Morgan fingerprint density at radius 1 is 1.24 bits per heavy atom. The molecule has 3 heteroatoms. The first-order valence-electron chi connectivity index (χ1n) is 7.51. The quantitative estimate of drug-likeness (QED) is 0.809. The van der Waals surface area contributed by atoms with E-state index in [1.165, 1.54) is 5.56 Å². The predicted molar refractivity (Wildman–Crippen MR) is 84.9 cm³/mol. The smallest absolute Gasteiger partial charge is 0.143 e. The van der Waals surface area contributed by atoms with Gasteiger partial charge in [-0.25, -0.2) is 4.98 Å². The standard InChI is InChI=1S/C18H24N2O/c1-18(2,3)17(21)16(13-20-12-11-19-14-20)10-9-15-7-5-4-6-8-15/h4-8,11-12,14,16H,9-10,13H2,1-3H3. The lowest BCUT2D eigenvalue weighted by molar-refractivity contribution is -0.131. The van der Waals surface area contributed by atoms with Gasteiger partial charge in [-0.1, -0.05) is 51.1 Å². The fourth-order valence-electron chi connectivity index (χ4n) is 2.55. The van der Waals surface area contributed by atoms with E-state index in [1.54, 1.807) is 12.5 Å². The number of benzene rings is 1. The van der Waals surface area contributed by atoms with E-state index in [9.17, 15) is 4.79 Å². The second-order valence-electron chi connectivity index (χ2n) is 6.59. The molecule has 0 saturated carbocycles. The minimum atomic E-state index is -0.304. The third-order valence-corrected chi connectivity index (χ3v) is 3.72. The lowest BCUT2D eigenvalue weighted by atomic mass is 9.80. The Bertz CT molecular complexity index is 553. The maximum atomic E-state index is 12.7. The molecule has 0 saturated heterocycles. The molecule has 1 atom stereocenters. The molecule has 1 aromatic carbocycles. The maximum Gasteiger partial charge on any atom is 0.143 e. The Morgan fingerprint density at radius 3 is 2.52 bits per heavy atom. The maximum absolute atomic E-state index is 12.7. The van der Waals surface area contributed by atoms with Crippen molar-refractivity contribution in [1.82, 2.24) is 9.55 Å². The number of carbonyl (C=O) groups excluding carboxylic acids is 1. The molecular weight excluding hydrogens is 260 g/mol. The highest BCUT2D eigenvalue weighted by molar-refractivity contribution is 5.85. The van der Waals surface area contributed by atoms with Crippen LogP contribution < -0.4 is 0 Å². The van der Waals surface area contributed by atoms with E-state index >= 15 is 0 Å². The summed E-state index contributed by atoms with van der Waals surface area (Å²) >= 11 is 0. The van der Waals surface area contributed by atoms with E-state index in [4.69, 9.17) is 0 Å². The highest BCUT2D eigenvalue weighted by Gasteiger charge is 2.29. The molecule has 2 rings (SSSR count). The highest BCUT2D eigenvalue weighted by atomic mass is 16.1. The van der Waals surface area contributed by atoms with Crippen molar-refractivity contribution in [3.05, 3.63) is 54.6 Å². The molecule has 0 aliphatic carbocycles. The number of nitrogens with zero attached hydrogens (tertiary/aromatic N) is 2. The first-order chi connectivity index (χ1) is 9.97. The largest absolute Gasteiger partial charge is 0.337 e. The van der Waals surface area contributed by atoms with Gasteiger partial charge in [0.15, 0.2) is 0 Å². The van der Waals surface area contributed by atoms with Crippen LogP contribution >= 0.6 is 0 Å². The fourth-order valence-corrected chi connectivity index (χ4v) is 2.55. The summed E-state index contributed by atoms with van der Waals surface area (Å²) in [6.45, 7) is 6.71. The summed E-state index contributed by atoms with van der Waals surface area (Å²) in [4.78, 5) is 16.7. The zero-order valence-electron chi connectivity index (χ0n) is 13.1. The number of hydrogen-bond acceptors (Lipinski definition) is 2. The Labute approximate surface area is 127 Å². The average molecular weight is 284 g/mol. The molecule has 2 aromatic rings. The molecule has 0 aliphatic heterocycles. The second kappa shape index (κ2) is 6.70. The van der Waals surface area contributed by atoms with Crippen LogP contribution in [0.5, 0.6) is 0 Å². The van der Waals surface area contributed by atoms with Crippen LogP contribution in [0.1, 0.15) is 32.8 Å². The molecule has 112 valence electrons. The van der Waals surface area contributed by atoms with Gasteiger partial charge in [0.1, 0.15) is 5.78 Å². The minimum Gasteiger partial charge on any atom is -0.337 e. The van der Waals surface area contributed by atoms with Crippen molar-refractivity contribution in [2.24, 2.45) is 11.3 Å². The van der Waals surface area contributed by atoms with Gasteiger partial charge >= 0.3 is 0 Å². The van der Waals surface area contributed by atoms with Gasteiger partial charge < -0.3 is 4.57 Å². The Morgan fingerprint density at radius 2 is 1.95 bits per heavy atom. The van der Waals surface area contributed by atoms with Crippen molar-refractivity contribution in [3.63, 3.8) is 0 Å². The number of hydrogen-bond donors (Lipinski definition) is 0. The van der Waals surface area contributed by atoms with Crippen molar-refractivity contribution in [2.45, 2.75) is 40.2 Å². The van der Waals surface area contributed by atoms with Crippen LogP contribution in [0.2, 0.25) is 0 Å². The van der Waals surface area contributed by atoms with Crippen molar-refractivity contribution < 1.29 is 4.79 Å². The summed E-state index contributed by atoms with van der Waals surface area (Å²) < 4.78 is 2.00. The molecular formula is C18H24N2O. The van der Waals surface area contributed by atoms with Gasteiger partial charge in [0.05, 0.1) is 6.33 Å². The average Bonchev–Trinajstić information content (AvgIpc) is 2.95. The second-order valence-corrected chi connectivity index (χ2v) is 6.59.